The minimum Gasteiger partial charge on any atom is -0.525 e. The number of ether oxygens (including phenoxy) is 1. The van der Waals surface area contributed by atoms with Crippen LogP contribution in [0, 0.1) is 13.8 Å². The van der Waals surface area contributed by atoms with Crippen molar-refractivity contribution in [1.29, 1.82) is 0 Å². The van der Waals surface area contributed by atoms with E-state index in [1.807, 2.05) is 31.2 Å². The van der Waals surface area contributed by atoms with Crippen molar-refractivity contribution in [3.8, 4) is 5.75 Å². The first-order valence-corrected chi connectivity index (χ1v) is 3.31. The van der Waals surface area contributed by atoms with Gasteiger partial charge in [-0.25, -0.2) is 0 Å². The molecule has 1 rings (SSSR count). The van der Waals surface area contributed by atoms with Crippen LogP contribution in [0.3, 0.4) is 0 Å². The molecule has 57 valence electrons. The van der Waals surface area contributed by atoms with Crippen LogP contribution in [0.2, 0.25) is 0 Å². The molecule has 2 heteroatoms. The summed E-state index contributed by atoms with van der Waals surface area (Å²) in [4.78, 5) is 0. The first-order valence-electron chi connectivity index (χ1n) is 3.31. The van der Waals surface area contributed by atoms with Gasteiger partial charge >= 0.3 is 0 Å². The van der Waals surface area contributed by atoms with E-state index < -0.39 is 0 Å². The molecule has 1 aromatic carbocycles. The molecule has 0 bridgehead atoms. The molecular weight excluding hydrogens is 213 g/mol. The molecule has 0 amide bonds. The Labute approximate surface area is 93.0 Å². The maximum atomic E-state index is 5.15. The van der Waals surface area contributed by atoms with Crippen molar-refractivity contribution in [2.75, 3.05) is 6.61 Å². The van der Waals surface area contributed by atoms with Crippen LogP contribution < -0.4 is 4.74 Å². The third-order valence-electron chi connectivity index (χ3n) is 1.29. The predicted octanol–water partition coefficient (Wildman–Crippen LogP) is 2.21. The third kappa shape index (κ3) is 3.88. The molecule has 11 heavy (non-hydrogen) atoms. The van der Waals surface area contributed by atoms with Gasteiger partial charge in [0.2, 0.25) is 0 Å². The smallest absolute Gasteiger partial charge is 0.115 e. The van der Waals surface area contributed by atoms with Crippen LogP contribution in [-0.4, -0.2) is 6.61 Å². The summed E-state index contributed by atoms with van der Waals surface area (Å²) in [7, 11) is 0. The molecule has 1 radical (unpaired) electrons. The van der Waals surface area contributed by atoms with E-state index in [4.69, 9.17) is 4.74 Å². The fourth-order valence-electron chi connectivity index (χ4n) is 0.752. The fraction of sp³-hybridized carbons (Fsp3) is 0.222. The summed E-state index contributed by atoms with van der Waals surface area (Å²) in [6, 6.07) is 7.93. The largest absolute Gasteiger partial charge is 0.525 e. The number of benzene rings is 1. The SMILES string of the molecule is [CH2-]COc1ccc(C)cc1.[Y]. The molecule has 0 N–H and O–H groups in total. The van der Waals surface area contributed by atoms with Crippen molar-refractivity contribution in [3.63, 3.8) is 0 Å². The second kappa shape index (κ2) is 5.73. The quantitative estimate of drug-likeness (QED) is 0.700. The minimum absolute atomic E-state index is 0. The summed E-state index contributed by atoms with van der Waals surface area (Å²) in [5, 5.41) is 0. The van der Waals surface area contributed by atoms with Crippen molar-refractivity contribution in [1.82, 2.24) is 0 Å². The van der Waals surface area contributed by atoms with Crippen molar-refractivity contribution in [3.05, 3.63) is 36.8 Å². The molecule has 0 saturated carbocycles. The molecule has 0 spiro atoms. The molecule has 0 atom stereocenters. The van der Waals surface area contributed by atoms with Gasteiger partial charge in [-0.2, -0.15) is 0 Å². The van der Waals surface area contributed by atoms with E-state index in [-0.39, 0.29) is 32.7 Å². The van der Waals surface area contributed by atoms with E-state index >= 15 is 0 Å². The Morgan fingerprint density at radius 2 is 1.82 bits per heavy atom. The van der Waals surface area contributed by atoms with Gasteiger partial charge < -0.3 is 11.7 Å². The molecule has 0 aromatic heterocycles. The Morgan fingerprint density at radius 3 is 2.27 bits per heavy atom. The second-order valence-electron chi connectivity index (χ2n) is 2.16. The molecule has 0 saturated heterocycles. The summed E-state index contributed by atoms with van der Waals surface area (Å²) in [5.41, 5.74) is 1.25. The molecule has 0 aliphatic carbocycles. The van der Waals surface area contributed by atoms with Gasteiger partial charge in [0, 0.05) is 32.7 Å². The minimum atomic E-state index is 0. The third-order valence-corrected chi connectivity index (χ3v) is 1.29. The fourth-order valence-corrected chi connectivity index (χ4v) is 0.752. The van der Waals surface area contributed by atoms with E-state index in [1.165, 1.54) is 5.56 Å². The maximum Gasteiger partial charge on any atom is 0.115 e. The molecular formula is C9H11OY-. The van der Waals surface area contributed by atoms with Crippen LogP contribution >= 0.6 is 0 Å². The van der Waals surface area contributed by atoms with Gasteiger partial charge in [-0.1, -0.05) is 17.7 Å². The number of hydrogen-bond acceptors (Lipinski definition) is 1. The summed E-state index contributed by atoms with van der Waals surface area (Å²) < 4.78 is 5.15. The van der Waals surface area contributed by atoms with Crippen molar-refractivity contribution in [2.45, 2.75) is 6.92 Å². The number of rotatable bonds is 2. The Kier molecular flexibility index (Phi) is 5.80. The first-order chi connectivity index (χ1) is 4.83. The Hall–Kier alpha value is 0.124. The topological polar surface area (TPSA) is 9.23 Å². The maximum absolute atomic E-state index is 5.15. The van der Waals surface area contributed by atoms with E-state index in [1.54, 1.807) is 0 Å². The van der Waals surface area contributed by atoms with Gasteiger partial charge in [0.25, 0.3) is 0 Å². The summed E-state index contributed by atoms with van der Waals surface area (Å²) in [6.45, 7) is 6.12. The van der Waals surface area contributed by atoms with Crippen LogP contribution in [-0.2, 0) is 32.7 Å². The normalized spacial score (nSPS) is 8.55. The molecule has 0 unspecified atom stereocenters. The zero-order valence-corrected chi connectivity index (χ0v) is 9.55. The van der Waals surface area contributed by atoms with Gasteiger partial charge in [0.05, 0.1) is 0 Å². The van der Waals surface area contributed by atoms with Crippen LogP contribution in [0.4, 0.5) is 0 Å². The summed E-state index contributed by atoms with van der Waals surface area (Å²) >= 11 is 0. The molecule has 0 aliphatic rings. The number of hydrogen-bond donors (Lipinski definition) is 0. The summed E-state index contributed by atoms with van der Waals surface area (Å²) in [5.74, 6) is 0.889. The zero-order chi connectivity index (χ0) is 7.40. The predicted molar refractivity (Wildman–Crippen MR) is 42.0 cm³/mol. The molecule has 0 fully saturated rings. The Bertz CT molecular complexity index is 193. The van der Waals surface area contributed by atoms with Gasteiger partial charge in [-0.05, 0) is 25.7 Å². The standard InChI is InChI=1S/C9H11O.Y/c1-3-10-9-6-4-8(2)5-7-9;/h4-7H,1,3H2,2H3;/q-1;. The summed E-state index contributed by atoms with van der Waals surface area (Å²) in [6.07, 6.45) is 0. The average molecular weight is 224 g/mol. The van der Waals surface area contributed by atoms with Crippen molar-refractivity contribution in [2.24, 2.45) is 0 Å². The van der Waals surface area contributed by atoms with Crippen LogP contribution in [0.25, 0.3) is 0 Å². The molecule has 0 aliphatic heterocycles. The zero-order valence-electron chi connectivity index (χ0n) is 6.71. The van der Waals surface area contributed by atoms with Gasteiger partial charge in [0.15, 0.2) is 0 Å². The van der Waals surface area contributed by atoms with Crippen molar-refractivity contribution >= 4 is 0 Å². The Balaban J connectivity index is 0.000001000. The van der Waals surface area contributed by atoms with Crippen LogP contribution in [0.5, 0.6) is 5.75 Å². The molecule has 1 nitrogen and oxygen atoms in total. The van der Waals surface area contributed by atoms with Crippen LogP contribution in [0.15, 0.2) is 24.3 Å². The van der Waals surface area contributed by atoms with Gasteiger partial charge in [0.1, 0.15) is 5.75 Å². The van der Waals surface area contributed by atoms with Crippen LogP contribution in [0.1, 0.15) is 5.56 Å². The van der Waals surface area contributed by atoms with Crippen molar-refractivity contribution < 1.29 is 37.4 Å². The average Bonchev–Trinajstić information content (AvgIpc) is 1.95. The second-order valence-corrected chi connectivity index (χ2v) is 2.16. The van der Waals surface area contributed by atoms with Gasteiger partial charge in [-0.3, -0.25) is 0 Å². The first kappa shape index (κ1) is 11.1. The Morgan fingerprint density at radius 1 is 1.27 bits per heavy atom. The van der Waals surface area contributed by atoms with E-state index in [2.05, 4.69) is 6.92 Å². The van der Waals surface area contributed by atoms with Gasteiger partial charge in [-0.15, -0.1) is 0 Å². The molecule has 0 heterocycles. The monoisotopic (exact) mass is 224 g/mol. The van der Waals surface area contributed by atoms with E-state index in [0.717, 1.165) is 5.75 Å². The van der Waals surface area contributed by atoms with E-state index in [9.17, 15) is 0 Å². The number of aryl methyl sites for hydroxylation is 1. The van der Waals surface area contributed by atoms with E-state index in [0.29, 0.717) is 6.61 Å². The molecule has 1 aromatic rings.